The van der Waals surface area contributed by atoms with Gasteiger partial charge in [0.25, 0.3) is 0 Å². The van der Waals surface area contributed by atoms with Crippen LogP contribution >= 0.6 is 11.3 Å². The number of carboxylic acids is 1. The average Bonchev–Trinajstić information content (AvgIpc) is 3.54. The van der Waals surface area contributed by atoms with E-state index >= 15 is 0 Å². The lowest BCUT2D eigenvalue weighted by molar-refractivity contribution is -0.192. The van der Waals surface area contributed by atoms with E-state index in [-0.39, 0.29) is 6.04 Å². The van der Waals surface area contributed by atoms with Gasteiger partial charge in [-0.3, -0.25) is 4.84 Å². The number of hydrogen-bond donors (Lipinski definition) is 2. The Morgan fingerprint density at radius 3 is 2.28 bits per heavy atom. The highest BCUT2D eigenvalue weighted by Gasteiger charge is 2.38. The molecule has 0 spiro atoms. The van der Waals surface area contributed by atoms with Gasteiger partial charge in [0.05, 0.1) is 25.5 Å². The highest BCUT2D eigenvalue weighted by molar-refractivity contribution is 7.12. The monoisotopic (exact) mass is 536 g/mol. The molecule has 0 saturated carbocycles. The number of thiophene rings is 1. The van der Waals surface area contributed by atoms with E-state index in [0.717, 1.165) is 24.4 Å². The van der Waals surface area contributed by atoms with Crippen molar-refractivity contribution in [1.82, 2.24) is 10.5 Å². The van der Waals surface area contributed by atoms with Gasteiger partial charge in [0.2, 0.25) is 0 Å². The minimum Gasteiger partial charge on any atom is -0.475 e. The van der Waals surface area contributed by atoms with Crippen LogP contribution < -0.4 is 5.48 Å². The fraction of sp³-hybridized carbons (Fsp3) is 0.565. The van der Waals surface area contributed by atoms with Gasteiger partial charge < -0.3 is 19.1 Å². The molecule has 2 atom stereocenters. The molecule has 2 saturated heterocycles. The van der Waals surface area contributed by atoms with E-state index in [1.165, 1.54) is 14.8 Å². The number of hydroxylamine groups is 3. The second kappa shape index (κ2) is 12.6. The quantitative estimate of drug-likeness (QED) is 0.491. The van der Waals surface area contributed by atoms with Crippen molar-refractivity contribution in [3.8, 4) is 0 Å². The van der Waals surface area contributed by atoms with E-state index in [1.807, 2.05) is 45.1 Å². The number of aliphatic carboxylic acids is 1. The molecule has 2 aliphatic heterocycles. The van der Waals surface area contributed by atoms with Crippen LogP contribution in [-0.2, 0) is 19.2 Å². The smallest absolute Gasteiger partial charge is 0.475 e. The molecule has 0 bridgehead atoms. The largest absolute Gasteiger partial charge is 0.490 e. The molecule has 2 fully saturated rings. The number of halogens is 3. The Kier molecular flexibility index (Phi) is 10.3. The van der Waals surface area contributed by atoms with Crippen molar-refractivity contribution < 1.29 is 46.7 Å². The third kappa shape index (κ3) is 9.45. The summed E-state index contributed by atoms with van der Waals surface area (Å²) in [6.45, 7) is 10.9. The first-order valence-corrected chi connectivity index (χ1v) is 11.9. The van der Waals surface area contributed by atoms with E-state index in [4.69, 9.17) is 28.7 Å². The lowest BCUT2D eigenvalue weighted by atomic mass is 10.1. The summed E-state index contributed by atoms with van der Waals surface area (Å²) in [5, 5.41) is 8.39. The third-order valence-corrected chi connectivity index (χ3v) is 5.75. The van der Waals surface area contributed by atoms with Gasteiger partial charge in [-0.2, -0.15) is 23.7 Å². The fourth-order valence-electron chi connectivity index (χ4n) is 3.08. The molecule has 4 heterocycles. The molecule has 202 valence electrons. The summed E-state index contributed by atoms with van der Waals surface area (Å²) < 4.78 is 42.5. The summed E-state index contributed by atoms with van der Waals surface area (Å²) in [4.78, 5) is 34.1. The minimum atomic E-state index is -5.08. The molecule has 2 N–H and O–H groups in total. The molecule has 2 aliphatic rings. The highest BCUT2D eigenvalue weighted by Crippen LogP contribution is 2.32. The highest BCUT2D eigenvalue weighted by atomic mass is 32.1. The van der Waals surface area contributed by atoms with Crippen LogP contribution in [0.4, 0.5) is 18.0 Å². The van der Waals surface area contributed by atoms with Crippen LogP contribution in [0.15, 0.2) is 28.9 Å². The molecule has 1 amide bonds. The van der Waals surface area contributed by atoms with Crippen LogP contribution in [-0.4, -0.2) is 47.2 Å². The number of ether oxygens (including phenoxy) is 1. The molecule has 2 unspecified atom stereocenters. The maximum Gasteiger partial charge on any atom is 0.490 e. The number of carbonyl (C=O) groups excluding carboxylic acids is 1. The number of hydrogen-bond acceptors (Lipinski definition) is 8. The lowest BCUT2D eigenvalue weighted by Gasteiger charge is -2.26. The molecule has 36 heavy (non-hydrogen) atoms. The first kappa shape index (κ1) is 29.6. The van der Waals surface area contributed by atoms with Gasteiger partial charge in [-0.1, -0.05) is 0 Å². The van der Waals surface area contributed by atoms with Crippen molar-refractivity contribution >= 4 is 23.4 Å². The Bertz CT molecular complexity index is 994. The summed E-state index contributed by atoms with van der Waals surface area (Å²) in [7, 11) is 0. The van der Waals surface area contributed by atoms with E-state index < -0.39 is 23.8 Å². The second-order valence-corrected chi connectivity index (χ2v) is 10.3. The molecule has 0 aliphatic carbocycles. The van der Waals surface area contributed by atoms with Crippen LogP contribution in [0, 0.1) is 13.8 Å². The van der Waals surface area contributed by atoms with Crippen molar-refractivity contribution in [2.75, 3.05) is 13.2 Å². The molecule has 13 heteroatoms. The summed E-state index contributed by atoms with van der Waals surface area (Å²) in [5.74, 6) is -2.02. The Morgan fingerprint density at radius 1 is 1.17 bits per heavy atom. The zero-order chi connectivity index (χ0) is 27.1. The molecule has 0 aromatic carbocycles. The molecular weight excluding hydrogens is 505 g/mol. The van der Waals surface area contributed by atoms with Crippen molar-refractivity contribution in [3.05, 3.63) is 45.5 Å². The van der Waals surface area contributed by atoms with Gasteiger partial charge in [0.15, 0.2) is 0 Å². The number of nitrogens with one attached hydrogen (secondary N) is 1. The third-order valence-electron chi connectivity index (χ3n) is 4.64. The van der Waals surface area contributed by atoms with E-state index in [2.05, 4.69) is 24.5 Å². The average molecular weight is 537 g/mol. The topological polar surface area (TPSA) is 110 Å². The minimum absolute atomic E-state index is 0.200. The van der Waals surface area contributed by atoms with Crippen LogP contribution in [0.1, 0.15) is 66.8 Å². The van der Waals surface area contributed by atoms with Crippen molar-refractivity contribution in [1.29, 1.82) is 0 Å². The predicted molar refractivity (Wildman–Crippen MR) is 124 cm³/mol. The van der Waals surface area contributed by atoms with Crippen LogP contribution in [0.2, 0.25) is 0 Å². The fourth-order valence-corrected chi connectivity index (χ4v) is 4.03. The van der Waals surface area contributed by atoms with E-state index in [0.29, 0.717) is 19.1 Å². The lowest BCUT2D eigenvalue weighted by Crippen LogP contribution is -2.35. The first-order valence-electron chi connectivity index (χ1n) is 11.1. The SMILES string of the molecule is Cc1ccc(C2CCON2)s1.Cc1coc(C2CCON2C(=O)OC(C)(C)C)c1.O=C(O)C(F)(F)F. The van der Waals surface area contributed by atoms with E-state index in [1.54, 1.807) is 6.26 Å². The molecule has 2 aromatic rings. The number of furan rings is 1. The number of aryl methyl sites for hydroxylation is 2. The summed E-state index contributed by atoms with van der Waals surface area (Å²) in [6.07, 6.45) is -2.08. The van der Waals surface area contributed by atoms with E-state index in [9.17, 15) is 18.0 Å². The van der Waals surface area contributed by atoms with Crippen LogP contribution in [0.5, 0.6) is 0 Å². The van der Waals surface area contributed by atoms with Gasteiger partial charge in [0, 0.05) is 16.2 Å². The number of carboxylic acid groups (broad SMARTS) is 1. The molecule has 9 nitrogen and oxygen atoms in total. The number of carbonyl (C=O) groups is 2. The summed E-state index contributed by atoms with van der Waals surface area (Å²) in [6, 6.07) is 6.48. The Labute approximate surface area is 211 Å². The normalized spacial score (nSPS) is 19.7. The number of alkyl halides is 3. The van der Waals surface area contributed by atoms with Crippen molar-refractivity contribution in [3.63, 3.8) is 0 Å². The standard InChI is InChI=1S/C13H19NO4.C8H11NOS.C2HF3O2/c1-9-7-11(16-8-9)10-5-6-17-14(10)12(15)18-13(2,3)4;1-6-2-3-8(11-6)7-4-5-10-9-7;3-2(4,5)1(6)7/h7-8,10H,5-6H2,1-4H3;2-3,7,9H,4-5H2,1H3;(H,6,7). The van der Waals surface area contributed by atoms with Crippen LogP contribution in [0.3, 0.4) is 0 Å². The Hall–Kier alpha value is -2.61. The van der Waals surface area contributed by atoms with Gasteiger partial charge in [-0.05, 0) is 64.8 Å². The maximum atomic E-state index is 12.0. The zero-order valence-corrected chi connectivity index (χ0v) is 21.5. The van der Waals surface area contributed by atoms with Crippen molar-refractivity contribution in [2.45, 2.75) is 71.3 Å². The van der Waals surface area contributed by atoms with Gasteiger partial charge in [-0.25, -0.2) is 9.59 Å². The second-order valence-electron chi connectivity index (χ2n) is 9.03. The maximum absolute atomic E-state index is 12.0. The van der Waals surface area contributed by atoms with Gasteiger partial charge in [0.1, 0.15) is 17.4 Å². The summed E-state index contributed by atoms with van der Waals surface area (Å²) in [5.41, 5.74) is 3.49. The van der Waals surface area contributed by atoms with Crippen LogP contribution in [0.25, 0.3) is 0 Å². The number of amides is 1. The molecule has 0 radical (unpaired) electrons. The summed E-state index contributed by atoms with van der Waals surface area (Å²) >= 11 is 1.84. The first-order chi connectivity index (χ1) is 16.7. The zero-order valence-electron chi connectivity index (χ0n) is 20.7. The number of rotatable bonds is 2. The van der Waals surface area contributed by atoms with Gasteiger partial charge in [-0.15, -0.1) is 11.3 Å². The molecule has 2 aromatic heterocycles. The Balaban J connectivity index is 0.000000215. The predicted octanol–water partition coefficient (Wildman–Crippen LogP) is 5.86. The Morgan fingerprint density at radius 2 is 1.83 bits per heavy atom. The molecular formula is C23H31F3N2O7S. The molecule has 4 rings (SSSR count). The van der Waals surface area contributed by atoms with Gasteiger partial charge >= 0.3 is 18.2 Å². The number of nitrogens with zero attached hydrogens (tertiary/aromatic N) is 1. The van der Waals surface area contributed by atoms with Crippen molar-refractivity contribution in [2.24, 2.45) is 0 Å².